The zero-order valence-electron chi connectivity index (χ0n) is 15.8. The van der Waals surface area contributed by atoms with E-state index in [1.165, 1.54) is 37.6 Å². The summed E-state index contributed by atoms with van der Waals surface area (Å²) in [5.41, 5.74) is 0.747. The Morgan fingerprint density at radius 3 is 2.67 bits per heavy atom. The molecule has 1 aliphatic heterocycles. The summed E-state index contributed by atoms with van der Waals surface area (Å²) < 4.78 is 15.7. The van der Waals surface area contributed by atoms with Gasteiger partial charge in [0, 0.05) is 6.21 Å². The second kappa shape index (κ2) is 9.37. The molecule has 3 rings (SSSR count). The standard InChI is InChI=1S/C19H15N3O6S2/c1-26-14-7-5-12(10-15(14)27-2)11-16-18(23)21(19(29)30-16)20-9-3-4-13-6-8-17(28-13)22(24)25/h3-11H,1-2H3/b4-3+,16-11+,20-9+. The van der Waals surface area contributed by atoms with Gasteiger partial charge in [0.05, 0.1) is 25.2 Å². The molecule has 0 aliphatic carbocycles. The number of methoxy groups -OCH3 is 2. The fourth-order valence-corrected chi connectivity index (χ4v) is 3.60. The van der Waals surface area contributed by atoms with Crippen molar-refractivity contribution in [2.75, 3.05) is 14.2 Å². The van der Waals surface area contributed by atoms with Gasteiger partial charge < -0.3 is 13.9 Å². The predicted octanol–water partition coefficient (Wildman–Crippen LogP) is 4.11. The fourth-order valence-electron chi connectivity index (χ4n) is 2.43. The van der Waals surface area contributed by atoms with Gasteiger partial charge in [0.15, 0.2) is 15.8 Å². The van der Waals surface area contributed by atoms with Gasteiger partial charge in [-0.3, -0.25) is 14.9 Å². The van der Waals surface area contributed by atoms with Crippen molar-refractivity contribution >= 4 is 58.5 Å². The number of allylic oxidation sites excluding steroid dienone is 1. The SMILES string of the molecule is COc1ccc(/C=C2/SC(=S)N(/N=C/C=C/c3ccc([N+](=O)[O-])o3)C2=O)cc1OC. The number of amides is 1. The number of carbonyl (C=O) groups excluding carboxylic acids is 1. The van der Waals surface area contributed by atoms with Crippen LogP contribution in [-0.4, -0.2) is 40.6 Å². The number of thiocarbonyl (C=S) groups is 1. The van der Waals surface area contributed by atoms with E-state index in [1.54, 1.807) is 31.4 Å². The normalized spacial score (nSPS) is 15.7. The molecule has 1 aromatic carbocycles. The van der Waals surface area contributed by atoms with E-state index in [1.807, 2.05) is 0 Å². The highest BCUT2D eigenvalue weighted by Crippen LogP contribution is 2.34. The third-order valence-corrected chi connectivity index (χ3v) is 5.08. The van der Waals surface area contributed by atoms with Crippen LogP contribution in [0.5, 0.6) is 11.5 Å². The van der Waals surface area contributed by atoms with Crippen LogP contribution in [0.15, 0.2) is 50.8 Å². The molecular formula is C19H15N3O6S2. The Balaban J connectivity index is 1.71. The maximum Gasteiger partial charge on any atom is 0.433 e. The van der Waals surface area contributed by atoms with E-state index in [0.717, 1.165) is 22.3 Å². The number of nitro groups is 1. The lowest BCUT2D eigenvalue weighted by Gasteiger charge is -2.08. The molecule has 30 heavy (non-hydrogen) atoms. The molecule has 1 fully saturated rings. The zero-order chi connectivity index (χ0) is 21.7. The van der Waals surface area contributed by atoms with Crippen LogP contribution in [0.1, 0.15) is 11.3 Å². The van der Waals surface area contributed by atoms with Gasteiger partial charge in [-0.15, -0.1) is 0 Å². The van der Waals surface area contributed by atoms with E-state index in [4.69, 9.17) is 26.1 Å². The van der Waals surface area contributed by atoms with Crippen LogP contribution in [0.25, 0.3) is 12.2 Å². The summed E-state index contributed by atoms with van der Waals surface area (Å²) in [6, 6.07) is 7.99. The molecule has 2 heterocycles. The topological polar surface area (TPSA) is 107 Å². The fraction of sp³-hybridized carbons (Fsp3) is 0.105. The third kappa shape index (κ3) is 4.75. The van der Waals surface area contributed by atoms with Gasteiger partial charge in [-0.25, -0.2) is 0 Å². The number of carbonyl (C=O) groups is 1. The quantitative estimate of drug-likeness (QED) is 0.206. The first-order chi connectivity index (χ1) is 14.4. The molecule has 1 amide bonds. The van der Waals surface area contributed by atoms with Crippen LogP contribution in [0.2, 0.25) is 0 Å². The molecule has 9 nitrogen and oxygen atoms in total. The van der Waals surface area contributed by atoms with Crippen molar-refractivity contribution in [2.24, 2.45) is 5.10 Å². The number of benzene rings is 1. The summed E-state index contributed by atoms with van der Waals surface area (Å²) in [5, 5.41) is 15.7. The van der Waals surface area contributed by atoms with Gasteiger partial charge in [0.2, 0.25) is 0 Å². The maximum atomic E-state index is 12.6. The average molecular weight is 445 g/mol. The van der Waals surface area contributed by atoms with Gasteiger partial charge in [0.25, 0.3) is 5.91 Å². The molecule has 0 saturated carbocycles. The highest BCUT2D eigenvalue weighted by molar-refractivity contribution is 8.26. The Kier molecular flexibility index (Phi) is 6.65. The Morgan fingerprint density at radius 2 is 2.00 bits per heavy atom. The lowest BCUT2D eigenvalue weighted by Crippen LogP contribution is -2.21. The summed E-state index contributed by atoms with van der Waals surface area (Å²) in [5.74, 6) is 0.692. The summed E-state index contributed by atoms with van der Waals surface area (Å²) in [7, 11) is 3.08. The van der Waals surface area contributed by atoms with Gasteiger partial charge in [0.1, 0.15) is 10.7 Å². The number of hydrazone groups is 1. The highest BCUT2D eigenvalue weighted by atomic mass is 32.2. The van der Waals surface area contributed by atoms with E-state index >= 15 is 0 Å². The minimum Gasteiger partial charge on any atom is -0.493 e. The third-order valence-electron chi connectivity index (χ3n) is 3.80. The minimum absolute atomic E-state index is 0.282. The van der Waals surface area contributed by atoms with Crippen LogP contribution in [0.4, 0.5) is 5.88 Å². The molecule has 154 valence electrons. The van der Waals surface area contributed by atoms with Gasteiger partial charge >= 0.3 is 5.88 Å². The molecule has 0 radical (unpaired) electrons. The summed E-state index contributed by atoms with van der Waals surface area (Å²) >= 11 is 6.35. The van der Waals surface area contributed by atoms with Crippen LogP contribution in [0, 0.1) is 10.1 Å². The van der Waals surface area contributed by atoms with Crippen LogP contribution < -0.4 is 9.47 Å². The van der Waals surface area contributed by atoms with E-state index in [0.29, 0.717) is 16.4 Å². The molecule has 2 aromatic rings. The maximum absolute atomic E-state index is 12.6. The van der Waals surface area contributed by atoms with E-state index in [9.17, 15) is 14.9 Å². The first kappa shape index (κ1) is 21.3. The van der Waals surface area contributed by atoms with Crippen molar-refractivity contribution in [3.8, 4) is 11.5 Å². The molecule has 1 aromatic heterocycles. The van der Waals surface area contributed by atoms with Crippen LogP contribution in [-0.2, 0) is 4.79 Å². The Morgan fingerprint density at radius 1 is 1.23 bits per heavy atom. The Labute approximate surface area is 180 Å². The number of rotatable bonds is 7. The second-order valence-electron chi connectivity index (χ2n) is 5.66. The number of nitrogens with zero attached hydrogens (tertiary/aromatic N) is 3. The van der Waals surface area contributed by atoms with Crippen molar-refractivity contribution in [3.05, 3.63) is 62.8 Å². The Hall–Kier alpha value is -3.44. The van der Waals surface area contributed by atoms with Gasteiger partial charge in [-0.1, -0.05) is 17.8 Å². The summed E-state index contributed by atoms with van der Waals surface area (Å²) in [6.07, 6.45) is 6.00. The molecular weight excluding hydrogens is 430 g/mol. The van der Waals surface area contributed by atoms with Gasteiger partial charge in [-0.05, 0) is 54.2 Å². The molecule has 1 saturated heterocycles. The largest absolute Gasteiger partial charge is 0.493 e. The molecule has 0 N–H and O–H groups in total. The molecule has 0 atom stereocenters. The lowest BCUT2D eigenvalue weighted by molar-refractivity contribution is -0.402. The van der Waals surface area contributed by atoms with Crippen molar-refractivity contribution in [1.82, 2.24) is 5.01 Å². The Bertz CT molecular complexity index is 1090. The summed E-state index contributed by atoms with van der Waals surface area (Å²) in [4.78, 5) is 23.0. The number of ether oxygens (including phenoxy) is 2. The number of hydrogen-bond donors (Lipinski definition) is 0. The van der Waals surface area contributed by atoms with Crippen molar-refractivity contribution in [1.29, 1.82) is 0 Å². The number of thioether (sulfide) groups is 1. The van der Waals surface area contributed by atoms with Crippen molar-refractivity contribution < 1.29 is 23.6 Å². The van der Waals surface area contributed by atoms with Crippen molar-refractivity contribution in [2.45, 2.75) is 0 Å². The monoisotopic (exact) mass is 445 g/mol. The van der Waals surface area contributed by atoms with Crippen LogP contribution in [0.3, 0.4) is 0 Å². The van der Waals surface area contributed by atoms with Crippen molar-refractivity contribution in [3.63, 3.8) is 0 Å². The lowest BCUT2D eigenvalue weighted by atomic mass is 10.2. The van der Waals surface area contributed by atoms with Gasteiger partial charge in [-0.2, -0.15) is 10.1 Å². The average Bonchev–Trinajstić information content (AvgIpc) is 3.31. The van der Waals surface area contributed by atoms with Crippen LogP contribution >= 0.6 is 24.0 Å². The van der Waals surface area contributed by atoms with E-state index in [-0.39, 0.29) is 21.9 Å². The highest BCUT2D eigenvalue weighted by Gasteiger charge is 2.32. The molecule has 11 heteroatoms. The van der Waals surface area contributed by atoms with E-state index < -0.39 is 4.92 Å². The summed E-state index contributed by atoms with van der Waals surface area (Å²) in [6.45, 7) is 0. The molecule has 1 aliphatic rings. The second-order valence-corrected chi connectivity index (χ2v) is 7.34. The predicted molar refractivity (Wildman–Crippen MR) is 117 cm³/mol. The molecule has 0 spiro atoms. The van der Waals surface area contributed by atoms with E-state index in [2.05, 4.69) is 5.10 Å². The zero-order valence-corrected chi connectivity index (χ0v) is 17.4. The number of furan rings is 1. The first-order valence-electron chi connectivity index (χ1n) is 8.38. The molecule has 0 unspecified atom stereocenters. The minimum atomic E-state index is -0.629. The first-order valence-corrected chi connectivity index (χ1v) is 9.60. The molecule has 0 bridgehead atoms. The number of hydrogen-bond acceptors (Lipinski definition) is 9. The smallest absolute Gasteiger partial charge is 0.433 e.